The predicted molar refractivity (Wildman–Crippen MR) is 238 cm³/mol. The first-order valence-corrected chi connectivity index (χ1v) is 23.7. The largest absolute Gasteiger partial charge is 0.443 e. The van der Waals surface area contributed by atoms with Gasteiger partial charge in [-0.05, 0) is 71.3 Å². The Morgan fingerprint density at radius 1 is 0.912 bits per heavy atom. The summed E-state index contributed by atoms with van der Waals surface area (Å²) in [5.41, 5.74) is 4.37. The molecule has 0 bridgehead atoms. The summed E-state index contributed by atoms with van der Waals surface area (Å²) in [5, 5.41) is 28.3. The minimum atomic E-state index is -1.63. The van der Waals surface area contributed by atoms with Crippen LogP contribution in [0.3, 0.4) is 0 Å². The fourth-order valence-corrected chi connectivity index (χ4v) is 9.82. The second-order valence-electron chi connectivity index (χ2n) is 20.1. The molecule has 358 valence electrons. The number of H-pyrrole nitrogens is 2. The number of hydrogen-bond donors (Lipinski definition) is 6. The van der Waals surface area contributed by atoms with Gasteiger partial charge in [0.05, 0.1) is 42.1 Å². The minimum Gasteiger partial charge on any atom is -0.443 e. The molecule has 6 aliphatic rings. The highest BCUT2D eigenvalue weighted by Gasteiger charge is 2.51. The van der Waals surface area contributed by atoms with Crippen molar-refractivity contribution in [2.75, 3.05) is 24.4 Å². The molecule has 5 aliphatic carbocycles. The maximum absolute atomic E-state index is 16.3. The minimum absolute atomic E-state index is 0.0980. The van der Waals surface area contributed by atoms with E-state index in [-0.39, 0.29) is 36.3 Å². The molecule has 2 amide bonds. The van der Waals surface area contributed by atoms with Crippen LogP contribution in [-0.4, -0.2) is 106 Å². The van der Waals surface area contributed by atoms with E-state index in [4.69, 9.17) is 39.0 Å². The molecule has 68 heavy (non-hydrogen) atoms. The number of halogens is 2. The van der Waals surface area contributed by atoms with Crippen LogP contribution in [0.4, 0.5) is 41.8 Å². The van der Waals surface area contributed by atoms with Crippen molar-refractivity contribution in [3.05, 3.63) is 71.3 Å². The third kappa shape index (κ3) is 8.23. The fraction of sp³-hybridized carbons (Fsp3) is 0.565. The second-order valence-corrected chi connectivity index (χ2v) is 20.1. The molecular weight excluding hydrogens is 883 g/mol. The molecule has 0 spiro atoms. The summed E-state index contributed by atoms with van der Waals surface area (Å²) in [6, 6.07) is 7.43. The number of aromatic amines is 2. The number of rotatable bonds is 15. The number of amides is 2. The number of imidazole rings is 1. The van der Waals surface area contributed by atoms with Gasteiger partial charge in [0.15, 0.2) is 18.1 Å². The van der Waals surface area contributed by atoms with E-state index in [1.54, 1.807) is 19.4 Å². The smallest absolute Gasteiger partial charge is 0.408 e. The molecule has 6 fully saturated rings. The molecule has 0 aromatic carbocycles. The number of ether oxygens (including phenoxy) is 4. The van der Waals surface area contributed by atoms with Crippen LogP contribution in [-0.2, 0) is 25.6 Å². The first-order chi connectivity index (χ1) is 32.9. The van der Waals surface area contributed by atoms with Crippen LogP contribution in [0.15, 0.2) is 42.9 Å². The zero-order chi connectivity index (χ0) is 46.5. The van der Waals surface area contributed by atoms with Crippen molar-refractivity contribution in [1.29, 1.82) is 0 Å². The Bertz CT molecular complexity index is 2900. The normalized spacial score (nSPS) is 27.8. The Balaban J connectivity index is 0.817. The first-order valence-electron chi connectivity index (χ1n) is 23.7. The van der Waals surface area contributed by atoms with Crippen molar-refractivity contribution in [1.82, 2.24) is 54.9 Å². The van der Waals surface area contributed by atoms with Crippen molar-refractivity contribution in [3.63, 3.8) is 0 Å². The number of anilines is 4. The number of alkyl halides is 2. The zero-order valence-electron chi connectivity index (χ0n) is 38.0. The molecule has 12 rings (SSSR count). The van der Waals surface area contributed by atoms with Gasteiger partial charge in [-0.1, -0.05) is 6.42 Å². The Morgan fingerprint density at radius 2 is 1.69 bits per heavy atom. The summed E-state index contributed by atoms with van der Waals surface area (Å²) in [4.78, 5) is 39.9. The molecule has 8 atom stereocenters. The van der Waals surface area contributed by atoms with E-state index in [0.717, 1.165) is 55.4 Å². The monoisotopic (exact) mass is 937 g/mol. The number of hydrogen-bond acceptors (Lipinski definition) is 13. The van der Waals surface area contributed by atoms with Gasteiger partial charge in [-0.25, -0.2) is 48.3 Å². The molecule has 6 aromatic heterocycles. The summed E-state index contributed by atoms with van der Waals surface area (Å²) < 4.78 is 60.2. The van der Waals surface area contributed by atoms with Crippen LogP contribution < -0.4 is 25.9 Å². The van der Waals surface area contributed by atoms with Gasteiger partial charge in [-0.3, -0.25) is 9.50 Å². The van der Waals surface area contributed by atoms with Crippen LogP contribution in [0.2, 0.25) is 0 Å². The lowest BCUT2D eigenvalue weighted by molar-refractivity contribution is -0.742. The summed E-state index contributed by atoms with van der Waals surface area (Å²) in [6.07, 6.45) is 6.51. The van der Waals surface area contributed by atoms with Gasteiger partial charge in [0, 0.05) is 78.8 Å². The van der Waals surface area contributed by atoms with Crippen LogP contribution in [0.5, 0.6) is 0 Å². The molecular formula is C46H55F2N14O6+. The highest BCUT2D eigenvalue weighted by molar-refractivity contribution is 5.72. The average Bonchev–Trinajstić information content (AvgIpc) is 4.03. The highest BCUT2D eigenvalue weighted by Crippen LogP contribution is 2.49. The van der Waals surface area contributed by atoms with Crippen molar-refractivity contribution in [2.45, 2.75) is 150 Å². The lowest BCUT2D eigenvalue weighted by atomic mass is 9.83. The average molecular weight is 938 g/mol. The number of alkyl carbamates (subject to hydrolysis) is 2. The number of nitrogens with zero attached hydrogens (tertiary/aromatic N) is 8. The fourth-order valence-electron chi connectivity index (χ4n) is 9.82. The standard InChI is InChI=1S/C46H54F2N14O6/c1-45(9-10-45)54-43(63)67-33-8-7-25(38(33)47)29-17-35(57-56-29)52-42-51-28(18-36-50-24(21-65-3)20-60(36)42)26-15-31(26)62-37(53-41-32-16-27(23-5-4-6-23)58-61(32)14-13-49-41)19-30(59-62)40-39(48)34(22-66-40)68-44(64)55-46(2)11-12-46/h13-14,16-20,23,25-26,31,33-34,38-40H,4-12,15,21-22H2,1-3H3,(H5,49,50,51,52,53,54,55,56,57,58,59,63,64)/p+1/t25-,26?,31?,33-,34+,38+,39-,40+/m0/s1. The number of carbonyl (C=O) groups is 2. The maximum Gasteiger partial charge on any atom is 0.408 e. The lowest BCUT2D eigenvalue weighted by Crippen LogP contribution is -2.39. The third-order valence-electron chi connectivity index (χ3n) is 14.7. The van der Waals surface area contributed by atoms with Gasteiger partial charge in [0.1, 0.15) is 35.6 Å². The van der Waals surface area contributed by atoms with Crippen molar-refractivity contribution >= 4 is 46.8 Å². The predicted octanol–water partition coefficient (Wildman–Crippen LogP) is 6.66. The summed E-state index contributed by atoms with van der Waals surface area (Å²) >= 11 is 0. The van der Waals surface area contributed by atoms with Crippen molar-refractivity contribution < 1.29 is 42.0 Å². The molecule has 6 N–H and O–H groups in total. The first kappa shape index (κ1) is 42.9. The molecule has 2 unspecified atom stereocenters. The molecule has 1 saturated heterocycles. The van der Waals surface area contributed by atoms with E-state index in [9.17, 15) is 9.59 Å². The van der Waals surface area contributed by atoms with E-state index in [0.29, 0.717) is 71.3 Å². The number of aromatic nitrogens is 10. The Morgan fingerprint density at radius 3 is 2.43 bits per heavy atom. The SMILES string of the molecule is COCc1cn2c(Nc3cc([C@@H]4CC[C@H](OC(=O)NC5(C)CC5)[C@@H]4F)[nH]n3)nc(C3CC3[n+]3[nH]c([C@H]4OC[C@@H](OC(=O)NC5(C)CC5)[C@@H]4F)cc3Nc3nccn4nc(C5CCC5)cc34)cc2n1. The molecule has 1 aliphatic heterocycles. The third-order valence-corrected chi connectivity index (χ3v) is 14.7. The van der Waals surface area contributed by atoms with Crippen LogP contribution in [0.25, 0.3) is 11.2 Å². The van der Waals surface area contributed by atoms with Crippen LogP contribution in [0.1, 0.15) is 136 Å². The topological polar surface area (TPSA) is 228 Å². The lowest BCUT2D eigenvalue weighted by Gasteiger charge is -2.22. The highest BCUT2D eigenvalue weighted by atomic mass is 19.1. The van der Waals surface area contributed by atoms with Gasteiger partial charge in [-0.2, -0.15) is 14.9 Å². The van der Waals surface area contributed by atoms with Crippen LogP contribution >= 0.6 is 0 Å². The molecule has 0 radical (unpaired) electrons. The quantitative estimate of drug-likeness (QED) is 0.0593. The van der Waals surface area contributed by atoms with Crippen LogP contribution in [0, 0.1) is 0 Å². The van der Waals surface area contributed by atoms with E-state index in [2.05, 4.69) is 42.6 Å². The number of fused-ring (bicyclic) bond motifs is 2. The molecule has 6 aromatic rings. The number of carbonyl (C=O) groups excluding carboxylic acids is 2. The van der Waals surface area contributed by atoms with E-state index in [1.165, 1.54) is 6.42 Å². The van der Waals surface area contributed by atoms with E-state index < -0.39 is 48.8 Å². The van der Waals surface area contributed by atoms with Crippen molar-refractivity contribution in [2.24, 2.45) is 0 Å². The molecule has 7 heterocycles. The number of methoxy groups -OCH3 is 1. The molecule has 20 nitrogen and oxygen atoms in total. The van der Waals surface area contributed by atoms with Crippen molar-refractivity contribution in [3.8, 4) is 0 Å². The Labute approximate surface area is 388 Å². The van der Waals surface area contributed by atoms with E-state index in [1.807, 2.05) is 52.0 Å². The second kappa shape index (κ2) is 16.4. The molecule has 5 saturated carbocycles. The molecule has 22 heteroatoms. The number of nitrogens with one attached hydrogen (secondary N) is 6. The van der Waals surface area contributed by atoms with Gasteiger partial charge < -0.3 is 34.9 Å². The van der Waals surface area contributed by atoms with Gasteiger partial charge in [0.2, 0.25) is 11.8 Å². The van der Waals surface area contributed by atoms with Gasteiger partial charge in [0.25, 0.3) is 0 Å². The summed E-state index contributed by atoms with van der Waals surface area (Å²) in [5.74, 6) is 1.83. The summed E-state index contributed by atoms with van der Waals surface area (Å²) in [6.45, 7) is 4.06. The van der Waals surface area contributed by atoms with Gasteiger partial charge >= 0.3 is 18.0 Å². The van der Waals surface area contributed by atoms with Gasteiger partial charge in [-0.15, -0.1) is 0 Å². The Hall–Kier alpha value is -6.42. The van der Waals surface area contributed by atoms with E-state index >= 15 is 8.78 Å². The maximum atomic E-state index is 16.3. The summed E-state index contributed by atoms with van der Waals surface area (Å²) in [7, 11) is 1.61. The Kier molecular flexibility index (Phi) is 10.3. The zero-order valence-corrected chi connectivity index (χ0v) is 38.0.